The maximum Gasteiger partial charge on any atom is 0.161 e. The number of benzene rings is 1. The second-order valence-electron chi connectivity index (χ2n) is 5.42. The molecule has 1 unspecified atom stereocenters. The maximum atomic E-state index is 8.81. The van der Waals surface area contributed by atoms with Crippen LogP contribution in [0.4, 0.5) is 0 Å². The Labute approximate surface area is 138 Å². The van der Waals surface area contributed by atoms with Crippen LogP contribution < -0.4 is 9.47 Å². The molecule has 1 aromatic carbocycles. The summed E-state index contributed by atoms with van der Waals surface area (Å²) >= 11 is 0. The van der Waals surface area contributed by atoms with Crippen LogP contribution in [-0.4, -0.2) is 13.7 Å². The average molecular weight is 312 g/mol. The van der Waals surface area contributed by atoms with Crippen LogP contribution in [-0.2, 0) is 0 Å². The zero-order chi connectivity index (χ0) is 17.1. The van der Waals surface area contributed by atoms with Gasteiger partial charge in [0.1, 0.15) is 17.7 Å². The van der Waals surface area contributed by atoms with Gasteiger partial charge in [-0.05, 0) is 36.1 Å². The van der Waals surface area contributed by atoms with E-state index < -0.39 is 0 Å². The molecule has 1 atom stereocenters. The van der Waals surface area contributed by atoms with E-state index in [2.05, 4.69) is 13.8 Å². The van der Waals surface area contributed by atoms with Crippen molar-refractivity contribution in [3.63, 3.8) is 0 Å². The summed E-state index contributed by atoms with van der Waals surface area (Å²) in [4.78, 5) is 0. The minimum absolute atomic E-state index is 0.0614. The summed E-state index contributed by atoms with van der Waals surface area (Å²) in [5.41, 5.74) is 0.802. The summed E-state index contributed by atoms with van der Waals surface area (Å²) in [6.45, 7) is 5.05. The lowest BCUT2D eigenvalue weighted by Crippen LogP contribution is -2.11. The maximum absolute atomic E-state index is 8.81. The quantitative estimate of drug-likeness (QED) is 0.619. The molecular weight excluding hydrogens is 288 g/mol. The summed E-state index contributed by atoms with van der Waals surface area (Å²) in [7, 11) is 1.58. The fourth-order valence-electron chi connectivity index (χ4n) is 2.26. The monoisotopic (exact) mass is 312 g/mol. The highest BCUT2D eigenvalue weighted by atomic mass is 16.5. The van der Waals surface area contributed by atoms with E-state index in [4.69, 9.17) is 20.0 Å². The number of ether oxygens (including phenoxy) is 2. The van der Waals surface area contributed by atoms with Gasteiger partial charge in [-0.1, -0.05) is 39.2 Å². The third-order valence-corrected chi connectivity index (χ3v) is 3.76. The Hall–Kier alpha value is -2.46. The van der Waals surface area contributed by atoms with Crippen molar-refractivity contribution >= 4 is 6.08 Å². The van der Waals surface area contributed by atoms with Crippen LogP contribution in [0.1, 0.15) is 45.1 Å². The van der Waals surface area contributed by atoms with E-state index in [1.54, 1.807) is 13.2 Å². The Bertz CT molecular complexity index is 593. The molecule has 0 aliphatic rings. The van der Waals surface area contributed by atoms with Crippen molar-refractivity contribution in [2.45, 2.75) is 39.5 Å². The topological polar surface area (TPSA) is 66.0 Å². The highest BCUT2D eigenvalue weighted by Crippen LogP contribution is 2.30. The Balaban J connectivity index is 2.83. The van der Waals surface area contributed by atoms with Gasteiger partial charge in [0.2, 0.25) is 0 Å². The van der Waals surface area contributed by atoms with Crippen LogP contribution in [0, 0.1) is 28.6 Å². The van der Waals surface area contributed by atoms with E-state index in [1.807, 2.05) is 24.3 Å². The van der Waals surface area contributed by atoms with Gasteiger partial charge in [0.05, 0.1) is 13.7 Å². The molecule has 1 rings (SSSR count). The van der Waals surface area contributed by atoms with Gasteiger partial charge in [0, 0.05) is 0 Å². The van der Waals surface area contributed by atoms with Gasteiger partial charge in [0.15, 0.2) is 11.5 Å². The molecule has 0 saturated heterocycles. The molecule has 0 N–H and O–H groups in total. The smallest absolute Gasteiger partial charge is 0.161 e. The lowest BCUT2D eigenvalue weighted by molar-refractivity contribution is 0.224. The van der Waals surface area contributed by atoms with Crippen molar-refractivity contribution in [3.05, 3.63) is 29.3 Å². The average Bonchev–Trinajstić information content (AvgIpc) is 2.60. The number of unbranched alkanes of at least 4 members (excludes halogenated alkanes) is 1. The second-order valence-corrected chi connectivity index (χ2v) is 5.42. The number of hydrogen-bond donors (Lipinski definition) is 0. The predicted octanol–water partition coefficient (Wildman–Crippen LogP) is 4.72. The Morgan fingerprint density at radius 2 is 1.96 bits per heavy atom. The molecule has 0 saturated carbocycles. The molecule has 0 aliphatic carbocycles. The van der Waals surface area contributed by atoms with E-state index in [0.717, 1.165) is 12.0 Å². The first kappa shape index (κ1) is 18.6. The molecule has 0 bridgehead atoms. The zero-order valence-corrected chi connectivity index (χ0v) is 14.1. The molecule has 0 spiro atoms. The molecular formula is C19H24N2O2. The molecule has 122 valence electrons. The summed E-state index contributed by atoms with van der Waals surface area (Å²) in [5.74, 6) is 1.84. The van der Waals surface area contributed by atoms with Crippen LogP contribution >= 0.6 is 0 Å². The summed E-state index contributed by atoms with van der Waals surface area (Å²) in [6.07, 6.45) is 6.21. The molecule has 1 aromatic rings. The van der Waals surface area contributed by atoms with Gasteiger partial charge in [-0.2, -0.15) is 10.5 Å². The van der Waals surface area contributed by atoms with Crippen LogP contribution in [0.3, 0.4) is 0 Å². The summed E-state index contributed by atoms with van der Waals surface area (Å²) < 4.78 is 11.3. The molecule has 4 heteroatoms. The molecule has 23 heavy (non-hydrogen) atoms. The number of hydrogen-bond acceptors (Lipinski definition) is 4. The van der Waals surface area contributed by atoms with E-state index in [-0.39, 0.29) is 5.57 Å². The molecule has 4 nitrogen and oxygen atoms in total. The normalized spacial score (nSPS) is 11.0. The zero-order valence-electron chi connectivity index (χ0n) is 14.1. The summed E-state index contributed by atoms with van der Waals surface area (Å²) in [6, 6.07) is 9.11. The van der Waals surface area contributed by atoms with Crippen molar-refractivity contribution in [1.82, 2.24) is 0 Å². The lowest BCUT2D eigenvalue weighted by Gasteiger charge is -2.17. The number of allylic oxidation sites excluding steroid dienone is 1. The van der Waals surface area contributed by atoms with E-state index in [1.165, 1.54) is 25.3 Å². The number of nitrogens with zero attached hydrogens (tertiary/aromatic N) is 2. The van der Waals surface area contributed by atoms with Crippen molar-refractivity contribution in [2.24, 2.45) is 5.92 Å². The van der Waals surface area contributed by atoms with E-state index in [9.17, 15) is 0 Å². The van der Waals surface area contributed by atoms with Crippen LogP contribution in [0.2, 0.25) is 0 Å². The van der Waals surface area contributed by atoms with Crippen molar-refractivity contribution in [3.8, 4) is 23.6 Å². The number of nitriles is 2. The molecule has 0 radical (unpaired) electrons. The molecule has 0 heterocycles. The van der Waals surface area contributed by atoms with Crippen molar-refractivity contribution in [2.75, 3.05) is 13.7 Å². The Morgan fingerprint density at radius 1 is 1.22 bits per heavy atom. The minimum atomic E-state index is 0.0614. The molecule has 0 amide bonds. The Morgan fingerprint density at radius 3 is 2.52 bits per heavy atom. The highest BCUT2D eigenvalue weighted by Gasteiger charge is 2.10. The molecule has 0 aliphatic heterocycles. The standard InChI is InChI=1S/C19H24N2O2/c1-4-6-7-15(5-2)14-23-18-9-8-16(11-19(18)22-3)10-17(12-20)13-21/h8-11,15H,4-7,14H2,1-3H3. The lowest BCUT2D eigenvalue weighted by atomic mass is 10.0. The first-order valence-corrected chi connectivity index (χ1v) is 8.01. The predicted molar refractivity (Wildman–Crippen MR) is 91.0 cm³/mol. The van der Waals surface area contributed by atoms with Crippen LogP contribution in [0.5, 0.6) is 11.5 Å². The summed E-state index contributed by atoms with van der Waals surface area (Å²) in [5, 5.41) is 17.6. The van der Waals surface area contributed by atoms with Gasteiger partial charge >= 0.3 is 0 Å². The number of methoxy groups -OCH3 is 1. The largest absolute Gasteiger partial charge is 0.493 e. The fraction of sp³-hybridized carbons (Fsp3) is 0.474. The third-order valence-electron chi connectivity index (χ3n) is 3.76. The van der Waals surface area contributed by atoms with Gasteiger partial charge in [-0.3, -0.25) is 0 Å². The first-order valence-electron chi connectivity index (χ1n) is 8.01. The van der Waals surface area contributed by atoms with Crippen molar-refractivity contribution < 1.29 is 9.47 Å². The fourth-order valence-corrected chi connectivity index (χ4v) is 2.26. The van der Waals surface area contributed by atoms with Crippen LogP contribution in [0.15, 0.2) is 23.8 Å². The van der Waals surface area contributed by atoms with E-state index >= 15 is 0 Å². The SMILES string of the molecule is CCCCC(CC)COc1ccc(C=C(C#N)C#N)cc1OC. The van der Waals surface area contributed by atoms with Crippen LogP contribution in [0.25, 0.3) is 6.08 Å². The third kappa shape index (κ3) is 6.04. The Kier molecular flexibility index (Phi) is 8.32. The number of rotatable bonds is 9. The second kappa shape index (κ2) is 10.3. The van der Waals surface area contributed by atoms with Crippen molar-refractivity contribution in [1.29, 1.82) is 10.5 Å². The minimum Gasteiger partial charge on any atom is -0.493 e. The molecule has 0 aromatic heterocycles. The highest BCUT2D eigenvalue weighted by molar-refractivity contribution is 5.64. The van der Waals surface area contributed by atoms with Gasteiger partial charge in [0.25, 0.3) is 0 Å². The first-order chi connectivity index (χ1) is 11.2. The van der Waals surface area contributed by atoms with Gasteiger partial charge < -0.3 is 9.47 Å². The molecule has 0 fully saturated rings. The van der Waals surface area contributed by atoms with Gasteiger partial charge in [-0.25, -0.2) is 0 Å². The van der Waals surface area contributed by atoms with E-state index in [0.29, 0.717) is 24.0 Å². The van der Waals surface area contributed by atoms with Gasteiger partial charge in [-0.15, -0.1) is 0 Å².